The molecule has 1 heterocycles. The number of ether oxygens (including phenoxy) is 1. The number of imide groups is 1. The lowest BCUT2D eigenvalue weighted by Gasteiger charge is -2.28. The van der Waals surface area contributed by atoms with Crippen LogP contribution in [0.15, 0.2) is 54.6 Å². The number of hydrogen-bond acceptors (Lipinski definition) is 4. The first kappa shape index (κ1) is 19.7. The van der Waals surface area contributed by atoms with Crippen molar-refractivity contribution in [2.24, 2.45) is 0 Å². The predicted octanol–water partition coefficient (Wildman–Crippen LogP) is 3.41. The Balaban J connectivity index is 1.76. The Bertz CT molecular complexity index is 1200. The van der Waals surface area contributed by atoms with E-state index in [4.69, 9.17) is 4.74 Å². The van der Waals surface area contributed by atoms with E-state index in [2.05, 4.69) is 11.8 Å². The molecular weight excluding hydrogens is 376 g/mol. The Morgan fingerprint density at radius 1 is 0.900 bits per heavy atom. The highest BCUT2D eigenvalue weighted by molar-refractivity contribution is 6.25. The van der Waals surface area contributed by atoms with Crippen molar-refractivity contribution in [3.63, 3.8) is 0 Å². The van der Waals surface area contributed by atoms with Gasteiger partial charge in [0, 0.05) is 40.7 Å². The zero-order valence-electron chi connectivity index (χ0n) is 17.2. The fraction of sp³-hybridized carbons (Fsp3) is 0.200. The monoisotopic (exact) mass is 398 g/mol. The van der Waals surface area contributed by atoms with E-state index in [1.165, 1.54) is 4.90 Å². The number of nitrogens with zero attached hydrogens (tertiary/aromatic N) is 2. The maximum Gasteiger partial charge on any atom is 0.261 e. The SMILES string of the molecule is COc1ccc(C#Cc2cc3c4c(cccc4c2)C(=O)N(CCN(C)C)C3=O)cc1. The van der Waals surface area contributed by atoms with Crippen molar-refractivity contribution >= 4 is 22.6 Å². The quantitative estimate of drug-likeness (QED) is 0.499. The zero-order chi connectivity index (χ0) is 21.3. The lowest BCUT2D eigenvalue weighted by molar-refractivity contribution is 0.0601. The third-order valence-corrected chi connectivity index (χ3v) is 5.14. The van der Waals surface area contributed by atoms with Crippen LogP contribution in [0.5, 0.6) is 5.75 Å². The number of benzene rings is 3. The van der Waals surface area contributed by atoms with Gasteiger partial charge in [-0.05, 0) is 61.9 Å². The van der Waals surface area contributed by atoms with Crippen LogP contribution in [0.3, 0.4) is 0 Å². The molecule has 0 aliphatic carbocycles. The third kappa shape index (κ3) is 3.66. The number of amides is 2. The number of hydrogen-bond donors (Lipinski definition) is 0. The number of rotatable bonds is 4. The summed E-state index contributed by atoms with van der Waals surface area (Å²) < 4.78 is 5.17. The van der Waals surface area contributed by atoms with Crippen molar-refractivity contribution in [3.8, 4) is 17.6 Å². The lowest BCUT2D eigenvalue weighted by Crippen LogP contribution is -2.43. The van der Waals surface area contributed by atoms with Gasteiger partial charge in [-0.15, -0.1) is 0 Å². The maximum atomic E-state index is 13.1. The van der Waals surface area contributed by atoms with Gasteiger partial charge in [0.15, 0.2) is 0 Å². The minimum absolute atomic E-state index is 0.239. The minimum Gasteiger partial charge on any atom is -0.497 e. The molecule has 30 heavy (non-hydrogen) atoms. The van der Waals surface area contributed by atoms with Crippen molar-refractivity contribution in [2.75, 3.05) is 34.3 Å². The van der Waals surface area contributed by atoms with Crippen LogP contribution < -0.4 is 4.74 Å². The van der Waals surface area contributed by atoms with Crippen LogP contribution in [0.1, 0.15) is 31.8 Å². The summed E-state index contributed by atoms with van der Waals surface area (Å²) in [6, 6.07) is 16.8. The normalized spacial score (nSPS) is 12.9. The van der Waals surface area contributed by atoms with Crippen molar-refractivity contribution in [2.45, 2.75) is 0 Å². The van der Waals surface area contributed by atoms with E-state index in [0.717, 1.165) is 22.3 Å². The predicted molar refractivity (Wildman–Crippen MR) is 117 cm³/mol. The van der Waals surface area contributed by atoms with Gasteiger partial charge in [0.1, 0.15) is 5.75 Å². The second-order valence-electron chi connectivity index (χ2n) is 7.47. The van der Waals surface area contributed by atoms with Gasteiger partial charge in [0.25, 0.3) is 11.8 Å². The van der Waals surface area contributed by atoms with Crippen LogP contribution in [0.4, 0.5) is 0 Å². The van der Waals surface area contributed by atoms with Crippen LogP contribution in [0, 0.1) is 11.8 Å². The van der Waals surface area contributed by atoms with E-state index in [1.54, 1.807) is 19.2 Å². The minimum atomic E-state index is -0.265. The molecule has 3 aromatic carbocycles. The molecule has 0 aromatic heterocycles. The lowest BCUT2D eigenvalue weighted by atomic mass is 9.92. The van der Waals surface area contributed by atoms with E-state index in [1.807, 2.05) is 61.5 Å². The molecular formula is C25H22N2O3. The fourth-order valence-electron chi connectivity index (χ4n) is 3.55. The molecule has 5 heteroatoms. The molecule has 1 aliphatic heterocycles. The second kappa shape index (κ2) is 8.02. The van der Waals surface area contributed by atoms with Crippen LogP contribution >= 0.6 is 0 Å². The number of carbonyl (C=O) groups is 2. The van der Waals surface area contributed by atoms with Gasteiger partial charge in [-0.3, -0.25) is 14.5 Å². The van der Waals surface area contributed by atoms with Crippen LogP contribution in [-0.4, -0.2) is 55.9 Å². The van der Waals surface area contributed by atoms with E-state index in [-0.39, 0.29) is 11.8 Å². The fourth-order valence-corrected chi connectivity index (χ4v) is 3.55. The van der Waals surface area contributed by atoms with E-state index >= 15 is 0 Å². The van der Waals surface area contributed by atoms with Crippen molar-refractivity contribution in [3.05, 3.63) is 76.9 Å². The molecule has 0 saturated heterocycles. The summed E-state index contributed by atoms with van der Waals surface area (Å²) in [6.45, 7) is 0.960. The van der Waals surface area contributed by atoms with Gasteiger partial charge in [-0.1, -0.05) is 24.0 Å². The summed E-state index contributed by atoms with van der Waals surface area (Å²) >= 11 is 0. The Kier molecular flexibility index (Phi) is 5.26. The molecule has 150 valence electrons. The number of methoxy groups -OCH3 is 1. The van der Waals surface area contributed by atoms with Crippen molar-refractivity contribution < 1.29 is 14.3 Å². The molecule has 0 N–H and O–H groups in total. The van der Waals surface area contributed by atoms with Crippen LogP contribution in [0.2, 0.25) is 0 Å². The molecule has 0 unspecified atom stereocenters. The summed E-state index contributed by atoms with van der Waals surface area (Å²) in [5.74, 6) is 6.55. The average Bonchev–Trinajstić information content (AvgIpc) is 2.75. The summed E-state index contributed by atoms with van der Waals surface area (Å²) in [7, 11) is 5.46. The molecule has 0 radical (unpaired) electrons. The molecule has 0 bridgehead atoms. The van der Waals surface area contributed by atoms with Gasteiger partial charge in [0.2, 0.25) is 0 Å². The number of carbonyl (C=O) groups excluding carboxylic acids is 2. The Labute approximate surface area is 175 Å². The Hall–Kier alpha value is -3.62. The van der Waals surface area contributed by atoms with E-state index in [9.17, 15) is 9.59 Å². The largest absolute Gasteiger partial charge is 0.497 e. The molecule has 5 nitrogen and oxygen atoms in total. The summed E-state index contributed by atoms with van der Waals surface area (Å²) in [4.78, 5) is 29.4. The molecule has 0 saturated carbocycles. The first-order chi connectivity index (χ1) is 14.5. The summed E-state index contributed by atoms with van der Waals surface area (Å²) in [5, 5.41) is 1.56. The maximum absolute atomic E-state index is 13.1. The van der Waals surface area contributed by atoms with Crippen molar-refractivity contribution in [1.29, 1.82) is 0 Å². The average molecular weight is 398 g/mol. The summed E-state index contributed by atoms with van der Waals surface area (Å²) in [5.41, 5.74) is 2.68. The molecule has 0 fully saturated rings. The van der Waals surface area contributed by atoms with Gasteiger partial charge in [-0.2, -0.15) is 0 Å². The molecule has 1 aliphatic rings. The number of likely N-dealkylation sites (N-methyl/N-ethyl adjacent to an activating group) is 1. The molecule has 3 aromatic rings. The van der Waals surface area contributed by atoms with Gasteiger partial charge in [-0.25, -0.2) is 0 Å². The smallest absolute Gasteiger partial charge is 0.261 e. The molecule has 0 atom stereocenters. The highest BCUT2D eigenvalue weighted by Crippen LogP contribution is 2.31. The highest BCUT2D eigenvalue weighted by atomic mass is 16.5. The van der Waals surface area contributed by atoms with Gasteiger partial charge < -0.3 is 9.64 Å². The highest BCUT2D eigenvalue weighted by Gasteiger charge is 2.32. The van der Waals surface area contributed by atoms with Crippen LogP contribution in [0.25, 0.3) is 10.8 Å². The third-order valence-electron chi connectivity index (χ3n) is 5.14. The van der Waals surface area contributed by atoms with Crippen molar-refractivity contribution in [1.82, 2.24) is 9.80 Å². The standard InChI is InChI=1S/C25H22N2O3/c1-26(2)13-14-27-24(28)21-6-4-5-19-15-18(16-22(23(19)21)25(27)29)8-7-17-9-11-20(30-3)12-10-17/h4-6,9-12,15-16H,13-14H2,1-3H3. The second-order valence-corrected chi connectivity index (χ2v) is 7.47. The molecule has 0 spiro atoms. The van der Waals surface area contributed by atoms with Crippen LogP contribution in [-0.2, 0) is 0 Å². The Morgan fingerprint density at radius 3 is 2.30 bits per heavy atom. The molecule has 4 rings (SSSR count). The first-order valence-corrected chi connectivity index (χ1v) is 9.71. The first-order valence-electron chi connectivity index (χ1n) is 9.71. The summed E-state index contributed by atoms with van der Waals surface area (Å²) in [6.07, 6.45) is 0. The topological polar surface area (TPSA) is 49.9 Å². The zero-order valence-corrected chi connectivity index (χ0v) is 17.2. The van der Waals surface area contributed by atoms with Gasteiger partial charge >= 0.3 is 0 Å². The van der Waals surface area contributed by atoms with Gasteiger partial charge in [0.05, 0.1) is 7.11 Å². The van der Waals surface area contributed by atoms with E-state index < -0.39 is 0 Å². The molecule has 2 amide bonds. The van der Waals surface area contributed by atoms with E-state index in [0.29, 0.717) is 29.6 Å². The Morgan fingerprint density at radius 2 is 1.60 bits per heavy atom.